The van der Waals surface area contributed by atoms with E-state index in [0.29, 0.717) is 0 Å². The third kappa shape index (κ3) is 2.05. The molecular weight excluding hydrogens is 162 g/mol. The molecule has 2 unspecified atom stereocenters. The van der Waals surface area contributed by atoms with E-state index in [4.69, 9.17) is 4.74 Å². The molecule has 2 rings (SSSR count). The summed E-state index contributed by atoms with van der Waals surface area (Å²) in [5, 5.41) is 0. The number of fused-ring (bicyclic) bond motifs is 1. The van der Waals surface area contributed by atoms with Gasteiger partial charge in [-0.1, -0.05) is 0 Å². The van der Waals surface area contributed by atoms with Gasteiger partial charge in [0.25, 0.3) is 0 Å². The van der Waals surface area contributed by atoms with Crippen molar-refractivity contribution in [2.24, 2.45) is 11.8 Å². The van der Waals surface area contributed by atoms with Crippen LogP contribution in [-0.4, -0.2) is 37.2 Å². The Balaban J connectivity index is 1.91. The summed E-state index contributed by atoms with van der Waals surface area (Å²) >= 11 is 0. The van der Waals surface area contributed by atoms with Crippen molar-refractivity contribution < 1.29 is 4.74 Å². The summed E-state index contributed by atoms with van der Waals surface area (Å²) in [6, 6.07) is 0.726. The molecule has 76 valence electrons. The standard InChI is InChI=1S/C11H21NO/c1-9(2)12-5-3-11-8-13-6-4-10(11)7-12/h9-11H,3-8H2,1-2H3. The summed E-state index contributed by atoms with van der Waals surface area (Å²) in [6.07, 6.45) is 2.64. The highest BCUT2D eigenvalue weighted by Crippen LogP contribution is 2.30. The molecule has 0 N–H and O–H groups in total. The van der Waals surface area contributed by atoms with E-state index < -0.39 is 0 Å². The Bertz CT molecular complexity index is 169. The topological polar surface area (TPSA) is 12.5 Å². The average Bonchev–Trinajstić information content (AvgIpc) is 2.17. The molecule has 2 heteroatoms. The summed E-state index contributed by atoms with van der Waals surface area (Å²) in [5.74, 6) is 1.79. The Kier molecular flexibility index (Phi) is 2.89. The van der Waals surface area contributed by atoms with E-state index in [1.165, 1.54) is 25.9 Å². The highest BCUT2D eigenvalue weighted by atomic mass is 16.5. The smallest absolute Gasteiger partial charge is 0.0497 e. The van der Waals surface area contributed by atoms with E-state index in [1.54, 1.807) is 0 Å². The molecule has 2 heterocycles. The van der Waals surface area contributed by atoms with E-state index in [9.17, 15) is 0 Å². The normalized spacial score (nSPS) is 36.2. The maximum atomic E-state index is 5.52. The zero-order valence-corrected chi connectivity index (χ0v) is 8.83. The monoisotopic (exact) mass is 183 g/mol. The largest absolute Gasteiger partial charge is 0.381 e. The molecule has 0 aromatic heterocycles. The fourth-order valence-electron chi connectivity index (χ4n) is 2.59. The molecular formula is C11H21NO. The molecule has 0 aromatic rings. The number of hydrogen-bond acceptors (Lipinski definition) is 2. The van der Waals surface area contributed by atoms with Gasteiger partial charge in [0, 0.05) is 25.8 Å². The SMILES string of the molecule is CC(C)N1CCC2COCCC2C1. The van der Waals surface area contributed by atoms with Gasteiger partial charge in [-0.15, -0.1) is 0 Å². The first kappa shape index (κ1) is 9.47. The average molecular weight is 183 g/mol. The van der Waals surface area contributed by atoms with E-state index in [-0.39, 0.29) is 0 Å². The van der Waals surface area contributed by atoms with E-state index in [0.717, 1.165) is 31.1 Å². The summed E-state index contributed by atoms with van der Waals surface area (Å²) < 4.78 is 5.52. The maximum Gasteiger partial charge on any atom is 0.0497 e. The lowest BCUT2D eigenvalue weighted by Crippen LogP contribution is -2.46. The van der Waals surface area contributed by atoms with Crippen molar-refractivity contribution in [2.75, 3.05) is 26.3 Å². The van der Waals surface area contributed by atoms with Gasteiger partial charge in [0.2, 0.25) is 0 Å². The van der Waals surface area contributed by atoms with Crippen molar-refractivity contribution in [2.45, 2.75) is 32.7 Å². The van der Waals surface area contributed by atoms with Crippen LogP contribution in [0.4, 0.5) is 0 Å². The Labute approximate surface area is 81.3 Å². The third-order valence-electron chi connectivity index (χ3n) is 3.62. The van der Waals surface area contributed by atoms with Gasteiger partial charge in [-0.2, -0.15) is 0 Å². The Morgan fingerprint density at radius 3 is 2.85 bits per heavy atom. The first-order chi connectivity index (χ1) is 6.27. The molecule has 0 saturated carbocycles. The van der Waals surface area contributed by atoms with Crippen LogP contribution in [0.2, 0.25) is 0 Å². The molecule has 2 aliphatic rings. The van der Waals surface area contributed by atoms with Crippen LogP contribution in [0, 0.1) is 11.8 Å². The van der Waals surface area contributed by atoms with Gasteiger partial charge in [0.1, 0.15) is 0 Å². The van der Waals surface area contributed by atoms with Gasteiger partial charge >= 0.3 is 0 Å². The molecule has 0 amide bonds. The fourth-order valence-corrected chi connectivity index (χ4v) is 2.59. The van der Waals surface area contributed by atoms with E-state index >= 15 is 0 Å². The van der Waals surface area contributed by atoms with Gasteiger partial charge < -0.3 is 9.64 Å². The van der Waals surface area contributed by atoms with Crippen LogP contribution in [0.15, 0.2) is 0 Å². The predicted molar refractivity (Wildman–Crippen MR) is 53.7 cm³/mol. The molecule has 2 atom stereocenters. The second-order valence-corrected chi connectivity index (χ2v) is 4.76. The first-order valence-electron chi connectivity index (χ1n) is 5.59. The summed E-state index contributed by atoms with van der Waals surface area (Å²) in [6.45, 7) is 9.22. The molecule has 2 saturated heterocycles. The van der Waals surface area contributed by atoms with Crippen LogP contribution in [0.5, 0.6) is 0 Å². The summed E-state index contributed by atoms with van der Waals surface area (Å²) in [7, 11) is 0. The maximum absolute atomic E-state index is 5.52. The van der Waals surface area contributed by atoms with Gasteiger partial charge in [0.05, 0.1) is 0 Å². The fraction of sp³-hybridized carbons (Fsp3) is 1.00. The lowest BCUT2D eigenvalue weighted by molar-refractivity contribution is -0.0294. The van der Waals surface area contributed by atoms with Crippen molar-refractivity contribution in [1.82, 2.24) is 4.90 Å². The van der Waals surface area contributed by atoms with Crippen molar-refractivity contribution >= 4 is 0 Å². The molecule has 0 bridgehead atoms. The second-order valence-electron chi connectivity index (χ2n) is 4.76. The van der Waals surface area contributed by atoms with Crippen molar-refractivity contribution in [3.8, 4) is 0 Å². The Morgan fingerprint density at radius 1 is 1.23 bits per heavy atom. The molecule has 0 spiro atoms. The minimum Gasteiger partial charge on any atom is -0.381 e. The molecule has 0 aromatic carbocycles. The number of nitrogens with zero attached hydrogens (tertiary/aromatic N) is 1. The van der Waals surface area contributed by atoms with Gasteiger partial charge in [-0.25, -0.2) is 0 Å². The molecule has 13 heavy (non-hydrogen) atoms. The molecule has 2 aliphatic heterocycles. The van der Waals surface area contributed by atoms with E-state index in [2.05, 4.69) is 18.7 Å². The van der Waals surface area contributed by atoms with Crippen LogP contribution >= 0.6 is 0 Å². The predicted octanol–water partition coefficient (Wildman–Crippen LogP) is 1.75. The van der Waals surface area contributed by atoms with E-state index in [1.807, 2.05) is 0 Å². The number of ether oxygens (including phenoxy) is 1. The first-order valence-corrected chi connectivity index (χ1v) is 5.59. The number of hydrogen-bond donors (Lipinski definition) is 0. The molecule has 2 fully saturated rings. The van der Waals surface area contributed by atoms with Crippen LogP contribution in [0.25, 0.3) is 0 Å². The lowest BCUT2D eigenvalue weighted by Gasteiger charge is -2.42. The zero-order chi connectivity index (χ0) is 9.26. The van der Waals surface area contributed by atoms with Gasteiger partial charge in [-0.05, 0) is 45.1 Å². The van der Waals surface area contributed by atoms with Crippen LogP contribution in [0.1, 0.15) is 26.7 Å². The van der Waals surface area contributed by atoms with Crippen molar-refractivity contribution in [3.05, 3.63) is 0 Å². The minimum absolute atomic E-state index is 0.726. The zero-order valence-electron chi connectivity index (χ0n) is 8.83. The highest BCUT2D eigenvalue weighted by Gasteiger charge is 2.32. The highest BCUT2D eigenvalue weighted by molar-refractivity contribution is 4.83. The second kappa shape index (κ2) is 3.97. The molecule has 0 aliphatic carbocycles. The van der Waals surface area contributed by atoms with Crippen LogP contribution in [-0.2, 0) is 4.74 Å². The summed E-state index contributed by atoms with van der Waals surface area (Å²) in [4.78, 5) is 2.62. The summed E-state index contributed by atoms with van der Waals surface area (Å²) in [5.41, 5.74) is 0. The number of likely N-dealkylation sites (tertiary alicyclic amines) is 1. The van der Waals surface area contributed by atoms with Gasteiger partial charge in [0.15, 0.2) is 0 Å². The molecule has 2 nitrogen and oxygen atoms in total. The van der Waals surface area contributed by atoms with Crippen LogP contribution in [0.3, 0.4) is 0 Å². The van der Waals surface area contributed by atoms with Crippen molar-refractivity contribution in [3.63, 3.8) is 0 Å². The Morgan fingerprint density at radius 2 is 2.08 bits per heavy atom. The third-order valence-corrected chi connectivity index (χ3v) is 3.62. The van der Waals surface area contributed by atoms with Crippen LogP contribution < -0.4 is 0 Å². The quantitative estimate of drug-likeness (QED) is 0.614. The molecule has 0 radical (unpaired) electrons. The number of piperidine rings is 1. The lowest BCUT2D eigenvalue weighted by atomic mass is 9.82. The van der Waals surface area contributed by atoms with Crippen molar-refractivity contribution in [1.29, 1.82) is 0 Å². The minimum atomic E-state index is 0.726. The van der Waals surface area contributed by atoms with Gasteiger partial charge in [-0.3, -0.25) is 0 Å². The Hall–Kier alpha value is -0.0800. The number of rotatable bonds is 1.